The summed E-state index contributed by atoms with van der Waals surface area (Å²) >= 11 is 7.63. The Bertz CT molecular complexity index is 1930. The molecule has 4 aromatic rings. The van der Waals surface area contributed by atoms with E-state index in [4.69, 9.17) is 21.1 Å². The van der Waals surface area contributed by atoms with Gasteiger partial charge in [-0.25, -0.2) is 27.3 Å². The van der Waals surface area contributed by atoms with Gasteiger partial charge < -0.3 is 19.7 Å². The zero-order valence-corrected chi connectivity index (χ0v) is 28.8. The molecule has 10 nitrogen and oxygen atoms in total. The van der Waals surface area contributed by atoms with Crippen LogP contribution in [0.1, 0.15) is 46.5 Å². The largest absolute Gasteiger partial charge is 0.461 e. The average Bonchev–Trinajstić information content (AvgIpc) is 3.69. The molecule has 49 heavy (non-hydrogen) atoms. The van der Waals surface area contributed by atoms with Crippen LogP contribution < -0.4 is 20.3 Å². The minimum absolute atomic E-state index is 0.0381. The van der Waals surface area contributed by atoms with Crippen LogP contribution >= 0.6 is 22.9 Å². The van der Waals surface area contributed by atoms with Crippen molar-refractivity contribution in [2.24, 2.45) is 0 Å². The maximum Gasteiger partial charge on any atom is 0.413 e. The summed E-state index contributed by atoms with van der Waals surface area (Å²) in [4.78, 5) is 29.7. The van der Waals surface area contributed by atoms with Crippen LogP contribution in [-0.4, -0.2) is 88.9 Å². The lowest BCUT2D eigenvalue weighted by Gasteiger charge is -2.31. The number of thiazole rings is 1. The molecular weight excluding hydrogens is 686 g/mol. The molecule has 16 heteroatoms. The van der Waals surface area contributed by atoms with Crippen LogP contribution in [0.2, 0.25) is 5.02 Å². The minimum atomic E-state index is -3.08. The van der Waals surface area contributed by atoms with Gasteiger partial charge >= 0.3 is 12.1 Å². The van der Waals surface area contributed by atoms with Gasteiger partial charge in [0.1, 0.15) is 29.4 Å². The summed E-state index contributed by atoms with van der Waals surface area (Å²) in [6.45, 7) is 6.58. The molecular formula is C33H36ClF4N7O3S. The van der Waals surface area contributed by atoms with Gasteiger partial charge in [-0.15, -0.1) is 0 Å². The summed E-state index contributed by atoms with van der Waals surface area (Å²) in [5.41, 5.74) is -1.06. The molecule has 2 N–H and O–H groups in total. The van der Waals surface area contributed by atoms with Crippen molar-refractivity contribution in [1.29, 1.82) is 0 Å². The van der Waals surface area contributed by atoms with E-state index in [9.17, 15) is 13.6 Å². The molecule has 3 fully saturated rings. The molecule has 5 heterocycles. The summed E-state index contributed by atoms with van der Waals surface area (Å²) in [6.07, 6.45) is 3.19. The topological polar surface area (TPSA) is 105 Å². The van der Waals surface area contributed by atoms with Crippen molar-refractivity contribution in [2.45, 2.75) is 63.5 Å². The maximum absolute atomic E-state index is 16.9. The highest BCUT2D eigenvalue weighted by atomic mass is 35.5. The van der Waals surface area contributed by atoms with Crippen LogP contribution in [0, 0.1) is 11.6 Å². The normalized spacial score (nSPS) is 19.3. The second-order valence-corrected chi connectivity index (χ2v) is 15.3. The van der Waals surface area contributed by atoms with Crippen LogP contribution in [-0.2, 0) is 4.74 Å². The van der Waals surface area contributed by atoms with Crippen molar-refractivity contribution < 1.29 is 31.8 Å². The van der Waals surface area contributed by atoms with Crippen LogP contribution in [0.15, 0.2) is 18.2 Å². The molecule has 0 unspecified atom stereocenters. The highest BCUT2D eigenvalue weighted by molar-refractivity contribution is 7.22. The van der Waals surface area contributed by atoms with E-state index in [1.807, 2.05) is 0 Å². The Balaban J connectivity index is 1.34. The number of nitrogens with zero attached hydrogens (tertiary/aromatic N) is 5. The van der Waals surface area contributed by atoms with Crippen LogP contribution in [0.25, 0.3) is 32.2 Å². The lowest BCUT2D eigenvalue weighted by Crippen LogP contribution is -2.43. The van der Waals surface area contributed by atoms with Gasteiger partial charge in [0.05, 0.1) is 33.9 Å². The molecule has 0 atom stereocenters. The third kappa shape index (κ3) is 6.69. The Morgan fingerprint density at radius 1 is 1.10 bits per heavy atom. The average molecular weight is 722 g/mol. The Kier molecular flexibility index (Phi) is 8.77. The summed E-state index contributed by atoms with van der Waals surface area (Å²) in [5, 5.41) is 5.33. The van der Waals surface area contributed by atoms with Gasteiger partial charge in [-0.3, -0.25) is 10.2 Å². The minimum Gasteiger partial charge on any atom is -0.461 e. The number of hydrogen-bond donors (Lipinski definition) is 2. The SMILES string of the molecule is CC(C)(C)OC(=O)Nc1nc2c(-c3c(Cl)cc4c(N5CCNCC(F)(F)C5)nc(OCC56CCCN5CCC6)nc4c3F)ccc(F)c2s1. The fourth-order valence-corrected chi connectivity index (χ4v) is 8.25. The lowest BCUT2D eigenvalue weighted by atomic mass is 9.95. The first kappa shape index (κ1) is 33.9. The fraction of sp³-hybridized carbons (Fsp3) is 0.515. The van der Waals surface area contributed by atoms with Crippen molar-refractivity contribution in [3.63, 3.8) is 0 Å². The smallest absolute Gasteiger partial charge is 0.413 e. The van der Waals surface area contributed by atoms with E-state index in [1.54, 1.807) is 20.8 Å². The van der Waals surface area contributed by atoms with E-state index in [1.165, 1.54) is 17.0 Å². The Morgan fingerprint density at radius 2 is 1.86 bits per heavy atom. The first-order chi connectivity index (χ1) is 23.2. The standard InChI is InChI=1S/C33H36ClF4N7O3S/c1-31(2,3)48-30(46)43-29-41-25-18(6-7-21(35)26(25)49-29)22-20(34)14-19-24(23(22)36)40-28(47-17-32-8-4-11-45(32)12-5-9-32)42-27(19)44-13-10-39-15-33(37,38)16-44/h6-7,14,39H,4-5,8-13,15-17H2,1-3H3,(H,41,43,46). The molecule has 2 aromatic heterocycles. The number of ether oxygens (including phenoxy) is 2. The molecule has 3 saturated heterocycles. The second-order valence-electron chi connectivity index (χ2n) is 13.9. The number of halogens is 5. The number of hydrogen-bond acceptors (Lipinski definition) is 10. The third-order valence-electron chi connectivity index (χ3n) is 9.16. The number of aromatic nitrogens is 3. The summed E-state index contributed by atoms with van der Waals surface area (Å²) in [5.74, 6) is -4.52. The predicted octanol–water partition coefficient (Wildman–Crippen LogP) is 7.24. The van der Waals surface area contributed by atoms with Crippen molar-refractivity contribution in [3.05, 3.63) is 34.9 Å². The van der Waals surface area contributed by atoms with Gasteiger partial charge in [0, 0.05) is 29.6 Å². The third-order valence-corrected chi connectivity index (χ3v) is 10.4. The van der Waals surface area contributed by atoms with Gasteiger partial charge in [0.25, 0.3) is 5.92 Å². The molecule has 0 saturated carbocycles. The van der Waals surface area contributed by atoms with E-state index < -0.39 is 42.3 Å². The Labute approximate surface area is 289 Å². The van der Waals surface area contributed by atoms with Gasteiger partial charge in [0.15, 0.2) is 10.9 Å². The first-order valence-electron chi connectivity index (χ1n) is 16.2. The molecule has 0 bridgehead atoms. The van der Waals surface area contributed by atoms with Crippen molar-refractivity contribution in [2.75, 3.05) is 56.1 Å². The number of nitrogens with one attached hydrogen (secondary N) is 2. The Hall–Kier alpha value is -3.53. The van der Waals surface area contributed by atoms with Crippen LogP contribution in [0.5, 0.6) is 6.01 Å². The first-order valence-corrected chi connectivity index (χ1v) is 17.4. The van der Waals surface area contributed by atoms with E-state index >= 15 is 8.78 Å². The lowest BCUT2D eigenvalue weighted by molar-refractivity contribution is 0.0156. The monoisotopic (exact) mass is 721 g/mol. The van der Waals surface area contributed by atoms with Crippen LogP contribution in [0.4, 0.5) is 33.3 Å². The number of carbonyl (C=O) groups excluding carboxylic acids is 1. The van der Waals surface area contributed by atoms with Crippen LogP contribution in [0.3, 0.4) is 0 Å². The molecule has 7 rings (SSSR count). The van der Waals surface area contributed by atoms with E-state index in [0.717, 1.165) is 56.2 Å². The number of anilines is 2. The summed E-state index contributed by atoms with van der Waals surface area (Å²) < 4.78 is 73.2. The van der Waals surface area contributed by atoms with E-state index in [-0.39, 0.29) is 79.5 Å². The molecule has 2 aromatic carbocycles. The molecule has 0 spiro atoms. The summed E-state index contributed by atoms with van der Waals surface area (Å²) in [7, 11) is 0. The predicted molar refractivity (Wildman–Crippen MR) is 181 cm³/mol. The molecule has 3 aliphatic heterocycles. The number of rotatable bonds is 6. The molecule has 262 valence electrons. The summed E-state index contributed by atoms with van der Waals surface area (Å²) in [6, 6.07) is 3.80. The quantitative estimate of drug-likeness (QED) is 0.200. The van der Waals surface area contributed by atoms with Crippen molar-refractivity contribution in [1.82, 2.24) is 25.2 Å². The van der Waals surface area contributed by atoms with Gasteiger partial charge in [-0.1, -0.05) is 22.9 Å². The molecule has 1 amide bonds. The highest BCUT2D eigenvalue weighted by Crippen LogP contribution is 2.44. The molecule has 0 aliphatic carbocycles. The molecule has 0 radical (unpaired) electrons. The highest BCUT2D eigenvalue weighted by Gasteiger charge is 2.45. The van der Waals surface area contributed by atoms with Gasteiger partial charge in [-0.05, 0) is 77.7 Å². The van der Waals surface area contributed by atoms with Gasteiger partial charge in [0.2, 0.25) is 0 Å². The van der Waals surface area contributed by atoms with Crippen molar-refractivity contribution in [3.8, 4) is 17.1 Å². The number of benzene rings is 2. The van der Waals surface area contributed by atoms with Gasteiger partial charge in [-0.2, -0.15) is 9.97 Å². The second kappa shape index (κ2) is 12.7. The van der Waals surface area contributed by atoms with E-state index in [2.05, 4.69) is 30.5 Å². The number of alkyl halides is 2. The number of amides is 1. The fourth-order valence-electron chi connectivity index (χ4n) is 7.07. The zero-order valence-electron chi connectivity index (χ0n) is 27.3. The molecule has 3 aliphatic rings. The Morgan fingerprint density at radius 3 is 2.59 bits per heavy atom. The number of carbonyl (C=O) groups is 1. The van der Waals surface area contributed by atoms with Crippen molar-refractivity contribution >= 4 is 61.1 Å². The maximum atomic E-state index is 16.9. The van der Waals surface area contributed by atoms with E-state index in [0.29, 0.717) is 0 Å². The number of fused-ring (bicyclic) bond motifs is 3. The zero-order chi connectivity index (χ0) is 34.7.